The van der Waals surface area contributed by atoms with Gasteiger partial charge in [0.05, 0.1) is 24.2 Å². The molecule has 0 spiro atoms. The van der Waals surface area contributed by atoms with Crippen molar-refractivity contribution >= 4 is 11.6 Å². The fourth-order valence-electron chi connectivity index (χ4n) is 1.87. The van der Waals surface area contributed by atoms with Gasteiger partial charge in [0, 0.05) is 26.2 Å². The van der Waals surface area contributed by atoms with E-state index in [1.165, 1.54) is 0 Å². The van der Waals surface area contributed by atoms with E-state index in [0.29, 0.717) is 11.3 Å². The summed E-state index contributed by atoms with van der Waals surface area (Å²) in [6.45, 7) is 5.77. The molecule has 2 heterocycles. The standard InChI is InChI=1S/C11H16ClN3O/c1-9-7-15(3-2-4-16-9)8-10-5-14-11(12)6-13-10/h5-6,9H,2-4,7-8H2,1H3. The predicted molar refractivity (Wildman–Crippen MR) is 62.4 cm³/mol. The van der Waals surface area contributed by atoms with Gasteiger partial charge in [0.25, 0.3) is 0 Å². The van der Waals surface area contributed by atoms with Crippen LogP contribution in [0.15, 0.2) is 12.4 Å². The maximum Gasteiger partial charge on any atom is 0.147 e. The first-order valence-electron chi connectivity index (χ1n) is 5.54. The molecule has 1 aromatic heterocycles. The Labute approximate surface area is 101 Å². The number of hydrogen-bond acceptors (Lipinski definition) is 4. The molecule has 1 unspecified atom stereocenters. The van der Waals surface area contributed by atoms with E-state index in [9.17, 15) is 0 Å². The summed E-state index contributed by atoms with van der Waals surface area (Å²) >= 11 is 5.70. The molecule has 0 amide bonds. The van der Waals surface area contributed by atoms with Crippen LogP contribution in [-0.4, -0.2) is 40.7 Å². The number of nitrogens with zero attached hydrogens (tertiary/aromatic N) is 3. The molecule has 0 N–H and O–H groups in total. The number of aromatic nitrogens is 2. The maximum atomic E-state index is 5.70. The number of rotatable bonds is 2. The molecule has 5 heteroatoms. The minimum Gasteiger partial charge on any atom is -0.377 e. The Morgan fingerprint density at radius 1 is 1.50 bits per heavy atom. The van der Waals surface area contributed by atoms with Crippen molar-refractivity contribution in [1.82, 2.24) is 14.9 Å². The Balaban J connectivity index is 1.95. The molecule has 0 radical (unpaired) electrons. The molecule has 1 aliphatic heterocycles. The van der Waals surface area contributed by atoms with Gasteiger partial charge in [-0.1, -0.05) is 11.6 Å². The van der Waals surface area contributed by atoms with Crippen LogP contribution in [0.25, 0.3) is 0 Å². The highest BCUT2D eigenvalue weighted by molar-refractivity contribution is 6.29. The molecule has 1 fully saturated rings. The van der Waals surface area contributed by atoms with Gasteiger partial charge in [-0.3, -0.25) is 9.88 Å². The zero-order chi connectivity index (χ0) is 11.4. The second-order valence-electron chi connectivity index (χ2n) is 4.10. The van der Waals surface area contributed by atoms with Crippen molar-refractivity contribution < 1.29 is 4.74 Å². The van der Waals surface area contributed by atoms with Gasteiger partial charge in [-0.2, -0.15) is 0 Å². The average Bonchev–Trinajstić information content (AvgIpc) is 2.46. The Kier molecular flexibility index (Phi) is 4.09. The van der Waals surface area contributed by atoms with E-state index in [-0.39, 0.29) is 0 Å². The molecule has 2 rings (SSSR count). The van der Waals surface area contributed by atoms with Crippen LogP contribution in [-0.2, 0) is 11.3 Å². The molecule has 16 heavy (non-hydrogen) atoms. The first kappa shape index (κ1) is 11.8. The Bertz CT molecular complexity index is 331. The third-order valence-electron chi connectivity index (χ3n) is 2.60. The zero-order valence-electron chi connectivity index (χ0n) is 9.40. The van der Waals surface area contributed by atoms with Crippen molar-refractivity contribution in [2.45, 2.75) is 26.0 Å². The lowest BCUT2D eigenvalue weighted by Gasteiger charge is -2.20. The molecule has 88 valence electrons. The fraction of sp³-hybridized carbons (Fsp3) is 0.636. The normalized spacial score (nSPS) is 23.0. The molecule has 0 saturated carbocycles. The lowest BCUT2D eigenvalue weighted by molar-refractivity contribution is 0.0666. The maximum absolute atomic E-state index is 5.70. The summed E-state index contributed by atoms with van der Waals surface area (Å²) in [7, 11) is 0. The summed E-state index contributed by atoms with van der Waals surface area (Å²) in [6.07, 6.45) is 4.70. The highest BCUT2D eigenvalue weighted by Crippen LogP contribution is 2.09. The van der Waals surface area contributed by atoms with Crippen LogP contribution in [0.4, 0.5) is 0 Å². The summed E-state index contributed by atoms with van der Waals surface area (Å²) < 4.78 is 5.59. The minimum absolute atomic E-state index is 0.294. The summed E-state index contributed by atoms with van der Waals surface area (Å²) in [6, 6.07) is 0. The highest BCUT2D eigenvalue weighted by Gasteiger charge is 2.15. The van der Waals surface area contributed by atoms with Crippen LogP contribution >= 0.6 is 11.6 Å². The van der Waals surface area contributed by atoms with Crippen LogP contribution in [0, 0.1) is 0 Å². The molecule has 4 nitrogen and oxygen atoms in total. The van der Waals surface area contributed by atoms with Crippen molar-refractivity contribution in [2.24, 2.45) is 0 Å². The van der Waals surface area contributed by atoms with Gasteiger partial charge in [-0.25, -0.2) is 4.98 Å². The summed E-state index contributed by atoms with van der Waals surface area (Å²) in [4.78, 5) is 10.6. The predicted octanol–water partition coefficient (Wildman–Crippen LogP) is 1.74. The smallest absolute Gasteiger partial charge is 0.147 e. The van der Waals surface area contributed by atoms with E-state index in [0.717, 1.165) is 38.4 Å². The topological polar surface area (TPSA) is 38.2 Å². The van der Waals surface area contributed by atoms with Crippen LogP contribution in [0.1, 0.15) is 19.0 Å². The van der Waals surface area contributed by atoms with Gasteiger partial charge in [-0.05, 0) is 13.3 Å². The molecular formula is C11H16ClN3O. The second-order valence-corrected chi connectivity index (χ2v) is 4.49. The van der Waals surface area contributed by atoms with Crippen LogP contribution < -0.4 is 0 Å². The lowest BCUT2D eigenvalue weighted by Crippen LogP contribution is -2.30. The first-order chi connectivity index (χ1) is 7.74. The van der Waals surface area contributed by atoms with Gasteiger partial charge in [0.15, 0.2) is 0 Å². The van der Waals surface area contributed by atoms with Crippen molar-refractivity contribution in [1.29, 1.82) is 0 Å². The summed E-state index contributed by atoms with van der Waals surface area (Å²) in [5.74, 6) is 0. The number of ether oxygens (including phenoxy) is 1. The Hall–Kier alpha value is -0.710. The fourth-order valence-corrected chi connectivity index (χ4v) is 1.97. The second kappa shape index (κ2) is 5.57. The van der Waals surface area contributed by atoms with Gasteiger partial charge in [0.2, 0.25) is 0 Å². The summed E-state index contributed by atoms with van der Waals surface area (Å²) in [5, 5.41) is 0.441. The lowest BCUT2D eigenvalue weighted by atomic mass is 10.3. The monoisotopic (exact) mass is 241 g/mol. The zero-order valence-corrected chi connectivity index (χ0v) is 10.2. The van der Waals surface area contributed by atoms with Crippen molar-refractivity contribution in [3.63, 3.8) is 0 Å². The van der Waals surface area contributed by atoms with E-state index in [4.69, 9.17) is 16.3 Å². The number of hydrogen-bond donors (Lipinski definition) is 0. The molecule has 1 saturated heterocycles. The molecular weight excluding hydrogens is 226 g/mol. The van der Waals surface area contributed by atoms with E-state index < -0.39 is 0 Å². The van der Waals surface area contributed by atoms with Crippen LogP contribution in [0.5, 0.6) is 0 Å². The highest BCUT2D eigenvalue weighted by atomic mass is 35.5. The van der Waals surface area contributed by atoms with Gasteiger partial charge in [0.1, 0.15) is 5.15 Å². The van der Waals surface area contributed by atoms with E-state index in [1.807, 2.05) is 0 Å². The first-order valence-corrected chi connectivity index (χ1v) is 5.92. The minimum atomic E-state index is 0.294. The average molecular weight is 242 g/mol. The number of halogens is 1. The molecule has 1 aliphatic rings. The van der Waals surface area contributed by atoms with Gasteiger partial charge in [-0.15, -0.1) is 0 Å². The SMILES string of the molecule is CC1CN(Cc2cnc(Cl)cn2)CCCO1. The Morgan fingerprint density at radius 3 is 3.12 bits per heavy atom. The van der Waals surface area contributed by atoms with Gasteiger partial charge >= 0.3 is 0 Å². The van der Waals surface area contributed by atoms with Crippen molar-refractivity contribution in [3.05, 3.63) is 23.2 Å². The Morgan fingerprint density at radius 2 is 2.38 bits per heavy atom. The van der Waals surface area contributed by atoms with E-state index in [1.54, 1.807) is 12.4 Å². The van der Waals surface area contributed by atoms with Crippen LogP contribution in [0.3, 0.4) is 0 Å². The van der Waals surface area contributed by atoms with Crippen molar-refractivity contribution in [2.75, 3.05) is 19.7 Å². The molecule has 0 aliphatic carbocycles. The quantitative estimate of drug-likeness (QED) is 0.791. The third-order valence-corrected chi connectivity index (χ3v) is 2.79. The third kappa shape index (κ3) is 3.40. The molecule has 1 atom stereocenters. The van der Waals surface area contributed by atoms with Crippen molar-refractivity contribution in [3.8, 4) is 0 Å². The van der Waals surface area contributed by atoms with E-state index >= 15 is 0 Å². The molecule has 0 bridgehead atoms. The van der Waals surface area contributed by atoms with E-state index in [2.05, 4.69) is 21.8 Å². The van der Waals surface area contributed by atoms with Gasteiger partial charge < -0.3 is 4.74 Å². The van der Waals surface area contributed by atoms with Crippen LogP contribution in [0.2, 0.25) is 5.15 Å². The molecule has 0 aromatic carbocycles. The largest absolute Gasteiger partial charge is 0.377 e. The summed E-state index contributed by atoms with van der Waals surface area (Å²) in [5.41, 5.74) is 0.957. The molecule has 1 aromatic rings.